The van der Waals surface area contributed by atoms with Crippen LogP contribution in [0.25, 0.3) is 5.52 Å². The number of nitrogens with one attached hydrogen (secondary N) is 2. The Balaban J connectivity index is 0.000000454. The summed E-state index contributed by atoms with van der Waals surface area (Å²) in [6.45, 7) is 0. The number of nitrogens with zero attached hydrogens (tertiary/aromatic N) is 3. The Hall–Kier alpha value is -3.77. The Morgan fingerprint density at radius 1 is 1.25 bits per heavy atom. The predicted molar refractivity (Wildman–Crippen MR) is 120 cm³/mol. The van der Waals surface area contributed by atoms with Gasteiger partial charge in [0.05, 0.1) is 17.2 Å². The first-order valence-corrected chi connectivity index (χ1v) is 11.2. The van der Waals surface area contributed by atoms with Crippen LogP contribution in [-0.2, 0) is 4.79 Å². The van der Waals surface area contributed by atoms with Gasteiger partial charge in [-0.15, -0.1) is 16.4 Å². The van der Waals surface area contributed by atoms with Gasteiger partial charge >= 0.3 is 12.1 Å². The Labute approximate surface area is 204 Å². The number of aromatic nitrogens is 2. The number of hydrogen-bond acceptors (Lipinski definition) is 7. The molecule has 2 atom stereocenters. The first kappa shape index (κ1) is 26.8. The van der Waals surface area contributed by atoms with Crippen LogP contribution in [0.15, 0.2) is 35.7 Å². The molecule has 1 amide bonds. The fraction of sp³-hybridized carbons (Fsp3) is 0.333. The average molecular weight is 530 g/mol. The number of anilines is 2. The summed E-state index contributed by atoms with van der Waals surface area (Å²) in [5.74, 6) is -5.75. The number of alkyl halides is 5. The molecule has 5 N–H and O–H groups in total. The fourth-order valence-corrected chi connectivity index (χ4v) is 4.11. The van der Waals surface area contributed by atoms with Crippen LogP contribution in [-0.4, -0.2) is 50.8 Å². The number of carboxylic acid groups (broad SMARTS) is 1. The molecular weight excluding hydrogens is 511 g/mol. The molecule has 3 heterocycles. The minimum absolute atomic E-state index is 0.214. The largest absolute Gasteiger partial charge is 0.490 e. The van der Waals surface area contributed by atoms with Gasteiger partial charge in [-0.05, 0) is 48.6 Å². The maximum atomic E-state index is 13.9. The molecule has 1 saturated carbocycles. The van der Waals surface area contributed by atoms with E-state index in [1.807, 2.05) is 6.07 Å². The van der Waals surface area contributed by atoms with Crippen LogP contribution >= 0.6 is 11.3 Å². The monoisotopic (exact) mass is 530 g/mol. The van der Waals surface area contributed by atoms with Crippen LogP contribution in [0.1, 0.15) is 34.6 Å². The maximum absolute atomic E-state index is 13.9. The lowest BCUT2D eigenvalue weighted by molar-refractivity contribution is -0.192. The molecule has 3 aromatic heterocycles. The van der Waals surface area contributed by atoms with Crippen molar-refractivity contribution in [2.45, 2.75) is 43.4 Å². The molecule has 0 spiro atoms. The molecule has 1 aliphatic carbocycles. The van der Waals surface area contributed by atoms with Crippen LogP contribution < -0.4 is 16.4 Å². The van der Waals surface area contributed by atoms with Gasteiger partial charge in [-0.25, -0.2) is 18.1 Å². The highest BCUT2D eigenvalue weighted by Crippen LogP contribution is 2.33. The van der Waals surface area contributed by atoms with Crippen LogP contribution in [0.2, 0.25) is 0 Å². The standard InChI is InChI=1S/C19H18F2N6OS.C2HF3O2/c20-19(21)8-1-2-13(17(19)23)24-16-6-4-11-3-5-14(27(11)26-16)18(28)25-12-7-9-29-15(12)10-22;3-2(4,5)1(6)7/h3-7,9,13,17H,1-2,8,23H2,(H,24,26)(H,25,28);(H,6,7)/t13-,17-;/m1./s1. The van der Waals surface area contributed by atoms with Gasteiger partial charge in [0.15, 0.2) is 0 Å². The van der Waals surface area contributed by atoms with E-state index in [2.05, 4.69) is 15.7 Å². The van der Waals surface area contributed by atoms with Crippen molar-refractivity contribution in [3.8, 4) is 6.07 Å². The first-order valence-electron chi connectivity index (χ1n) is 10.3. The average Bonchev–Trinajstić information content (AvgIpc) is 3.43. The first-order chi connectivity index (χ1) is 16.8. The van der Waals surface area contributed by atoms with Crippen molar-refractivity contribution in [1.82, 2.24) is 9.61 Å². The molecule has 1 fully saturated rings. The van der Waals surface area contributed by atoms with Gasteiger partial charge < -0.3 is 21.5 Å². The Bertz CT molecular complexity index is 1300. The van der Waals surface area contributed by atoms with Gasteiger partial charge in [0.25, 0.3) is 11.8 Å². The quantitative estimate of drug-likeness (QED) is 0.372. The SMILES string of the molecule is N#Cc1sccc1NC(=O)c1ccc2ccc(N[C@@H]3CCCC(F)(F)[C@@H]3N)nn12.O=C(O)C(F)(F)F. The number of fused-ring (bicyclic) bond motifs is 1. The smallest absolute Gasteiger partial charge is 0.475 e. The molecule has 0 radical (unpaired) electrons. The van der Waals surface area contributed by atoms with Crippen molar-refractivity contribution in [3.63, 3.8) is 0 Å². The number of hydrogen-bond donors (Lipinski definition) is 4. The number of carbonyl (C=O) groups excluding carboxylic acids is 1. The van der Waals surface area contributed by atoms with E-state index in [1.54, 1.807) is 35.7 Å². The number of halogens is 5. The summed E-state index contributed by atoms with van der Waals surface area (Å²) in [5.41, 5.74) is 7.11. The lowest BCUT2D eigenvalue weighted by atomic mass is 9.87. The second kappa shape index (κ2) is 10.5. The highest BCUT2D eigenvalue weighted by atomic mass is 32.1. The lowest BCUT2D eigenvalue weighted by Gasteiger charge is -2.36. The van der Waals surface area contributed by atoms with Gasteiger partial charge in [-0.1, -0.05) is 0 Å². The Morgan fingerprint density at radius 2 is 1.92 bits per heavy atom. The van der Waals surface area contributed by atoms with E-state index in [1.165, 1.54) is 15.9 Å². The van der Waals surface area contributed by atoms with Crippen molar-refractivity contribution >= 4 is 40.2 Å². The highest BCUT2D eigenvalue weighted by molar-refractivity contribution is 7.11. The zero-order valence-electron chi connectivity index (χ0n) is 18.2. The van der Waals surface area contributed by atoms with Crippen molar-refractivity contribution in [1.29, 1.82) is 5.26 Å². The molecule has 1 aliphatic rings. The molecule has 4 rings (SSSR count). The summed E-state index contributed by atoms with van der Waals surface area (Å²) in [4.78, 5) is 22.0. The van der Waals surface area contributed by atoms with Gasteiger partial charge in [0.2, 0.25) is 0 Å². The number of thiophene rings is 1. The number of rotatable bonds is 4. The molecule has 0 aliphatic heterocycles. The van der Waals surface area contributed by atoms with Gasteiger partial charge in [-0.3, -0.25) is 4.79 Å². The van der Waals surface area contributed by atoms with E-state index >= 15 is 0 Å². The fourth-order valence-electron chi connectivity index (χ4n) is 3.47. The van der Waals surface area contributed by atoms with Crippen molar-refractivity contribution < 1.29 is 36.6 Å². The van der Waals surface area contributed by atoms with E-state index in [0.29, 0.717) is 34.7 Å². The molecule has 36 heavy (non-hydrogen) atoms. The van der Waals surface area contributed by atoms with E-state index in [4.69, 9.17) is 20.9 Å². The van der Waals surface area contributed by atoms with E-state index in [-0.39, 0.29) is 12.1 Å². The Morgan fingerprint density at radius 3 is 2.56 bits per heavy atom. The third kappa shape index (κ3) is 6.07. The number of carbonyl (C=O) groups is 2. The molecule has 0 saturated heterocycles. The maximum Gasteiger partial charge on any atom is 0.490 e. The zero-order valence-corrected chi connectivity index (χ0v) is 19.0. The van der Waals surface area contributed by atoms with Gasteiger partial charge in [0.1, 0.15) is 22.5 Å². The van der Waals surface area contributed by atoms with Crippen LogP contribution in [0, 0.1) is 11.3 Å². The highest BCUT2D eigenvalue weighted by Gasteiger charge is 2.44. The summed E-state index contributed by atoms with van der Waals surface area (Å²) in [5, 5.41) is 28.0. The van der Waals surface area contributed by atoms with E-state index in [9.17, 15) is 26.7 Å². The molecule has 15 heteroatoms. The topological polar surface area (TPSA) is 146 Å². The normalized spacial score (nSPS) is 19.0. The number of aliphatic carboxylic acids is 1. The van der Waals surface area contributed by atoms with E-state index in [0.717, 1.165) is 0 Å². The second-order valence-electron chi connectivity index (χ2n) is 7.74. The van der Waals surface area contributed by atoms with Crippen molar-refractivity contribution in [2.75, 3.05) is 10.6 Å². The molecule has 9 nitrogen and oxygen atoms in total. The van der Waals surface area contributed by atoms with Crippen molar-refractivity contribution in [3.05, 3.63) is 46.3 Å². The van der Waals surface area contributed by atoms with Gasteiger partial charge in [-0.2, -0.15) is 18.4 Å². The second-order valence-corrected chi connectivity index (χ2v) is 8.65. The summed E-state index contributed by atoms with van der Waals surface area (Å²) in [6, 6.07) is 8.52. The number of amides is 1. The summed E-state index contributed by atoms with van der Waals surface area (Å²) < 4.78 is 61.0. The molecule has 3 aromatic rings. The summed E-state index contributed by atoms with van der Waals surface area (Å²) >= 11 is 1.23. The molecule has 0 unspecified atom stereocenters. The van der Waals surface area contributed by atoms with Gasteiger partial charge in [0, 0.05) is 12.5 Å². The molecule has 0 bridgehead atoms. The molecule has 192 valence electrons. The zero-order chi connectivity index (χ0) is 26.7. The van der Waals surface area contributed by atoms with E-state index < -0.39 is 36.1 Å². The summed E-state index contributed by atoms with van der Waals surface area (Å²) in [6.07, 6.45) is -4.40. The lowest BCUT2D eigenvalue weighted by Crippen LogP contribution is -2.55. The van der Waals surface area contributed by atoms with Crippen molar-refractivity contribution in [2.24, 2.45) is 5.73 Å². The number of nitriles is 1. The number of nitrogens with two attached hydrogens (primary N) is 1. The van der Waals surface area contributed by atoms with Crippen LogP contribution in [0.3, 0.4) is 0 Å². The third-order valence-corrected chi connectivity index (χ3v) is 6.09. The molecule has 0 aromatic carbocycles. The minimum Gasteiger partial charge on any atom is -0.475 e. The Kier molecular flexibility index (Phi) is 7.80. The summed E-state index contributed by atoms with van der Waals surface area (Å²) in [7, 11) is 0. The predicted octanol–water partition coefficient (Wildman–Crippen LogP) is 4.08. The minimum atomic E-state index is -5.08. The van der Waals surface area contributed by atoms with Crippen LogP contribution in [0.5, 0.6) is 0 Å². The number of carboxylic acids is 1. The molecular formula is C21H19F5N6O3S. The van der Waals surface area contributed by atoms with Crippen LogP contribution in [0.4, 0.5) is 33.5 Å². The third-order valence-electron chi connectivity index (χ3n) is 5.27.